The van der Waals surface area contributed by atoms with Crippen molar-refractivity contribution in [1.82, 2.24) is 14.1 Å². The smallest absolute Gasteiger partial charge is 0.247 e. The highest BCUT2D eigenvalue weighted by atomic mass is 32.2. The molecular weight excluding hydrogens is 284 g/mol. The van der Waals surface area contributed by atoms with Gasteiger partial charge in [0.15, 0.2) is 0 Å². The van der Waals surface area contributed by atoms with Gasteiger partial charge in [-0.3, -0.25) is 9.48 Å². The minimum atomic E-state index is -3.83. The van der Waals surface area contributed by atoms with E-state index >= 15 is 0 Å². The van der Waals surface area contributed by atoms with Crippen LogP contribution < -0.4 is 5.73 Å². The summed E-state index contributed by atoms with van der Waals surface area (Å²) in [7, 11) is -2.18. The Bertz CT molecular complexity index is 624. The molecule has 20 heavy (non-hydrogen) atoms. The van der Waals surface area contributed by atoms with E-state index < -0.39 is 28.1 Å². The third kappa shape index (κ3) is 2.32. The number of aromatic nitrogens is 2. The van der Waals surface area contributed by atoms with Crippen molar-refractivity contribution in [3.8, 4) is 0 Å². The summed E-state index contributed by atoms with van der Waals surface area (Å²) in [5, 5.41) is 3.93. The lowest BCUT2D eigenvalue weighted by Gasteiger charge is -2.36. The minimum absolute atomic E-state index is 0.0837. The molecule has 0 unspecified atom stereocenters. The lowest BCUT2D eigenvalue weighted by molar-refractivity contribution is -0.130. The molecule has 112 valence electrons. The topological polar surface area (TPSA) is 108 Å². The fourth-order valence-corrected chi connectivity index (χ4v) is 4.12. The molecule has 0 aromatic carbocycles. The maximum atomic E-state index is 12.7. The molecule has 0 spiro atoms. The lowest BCUT2D eigenvalue weighted by Crippen LogP contribution is -2.58. The van der Waals surface area contributed by atoms with Gasteiger partial charge in [-0.2, -0.15) is 9.40 Å². The van der Waals surface area contributed by atoms with E-state index in [9.17, 15) is 13.2 Å². The van der Waals surface area contributed by atoms with E-state index in [-0.39, 0.29) is 18.0 Å². The van der Waals surface area contributed by atoms with Gasteiger partial charge in [-0.15, -0.1) is 0 Å². The molecular formula is C11H18N4O4S. The summed E-state index contributed by atoms with van der Waals surface area (Å²) in [5.74, 6) is -0.720. The van der Waals surface area contributed by atoms with Crippen molar-refractivity contribution in [2.24, 2.45) is 12.8 Å². The van der Waals surface area contributed by atoms with Gasteiger partial charge in [-0.25, -0.2) is 8.42 Å². The highest BCUT2D eigenvalue weighted by molar-refractivity contribution is 7.89. The molecule has 1 aromatic rings. The van der Waals surface area contributed by atoms with Gasteiger partial charge < -0.3 is 10.5 Å². The summed E-state index contributed by atoms with van der Waals surface area (Å²) < 4.78 is 33.3. The number of rotatable bonds is 3. The second-order valence-corrected chi connectivity index (χ2v) is 6.62. The Morgan fingerprint density at radius 3 is 2.70 bits per heavy atom. The molecule has 0 radical (unpaired) electrons. The monoisotopic (exact) mass is 302 g/mol. The van der Waals surface area contributed by atoms with Crippen molar-refractivity contribution in [1.29, 1.82) is 0 Å². The predicted octanol–water partition coefficient (Wildman–Crippen LogP) is -1.01. The summed E-state index contributed by atoms with van der Waals surface area (Å²) in [5.41, 5.74) is 5.83. The van der Waals surface area contributed by atoms with Gasteiger partial charge in [0.2, 0.25) is 15.9 Å². The van der Waals surface area contributed by atoms with Crippen LogP contribution in [0, 0.1) is 6.92 Å². The molecule has 2 atom stereocenters. The van der Waals surface area contributed by atoms with Gasteiger partial charge in [0, 0.05) is 13.6 Å². The Morgan fingerprint density at radius 1 is 1.55 bits per heavy atom. The van der Waals surface area contributed by atoms with Crippen LogP contribution in [0.1, 0.15) is 12.6 Å². The van der Waals surface area contributed by atoms with E-state index in [1.807, 2.05) is 0 Å². The molecule has 1 aliphatic rings. The summed E-state index contributed by atoms with van der Waals surface area (Å²) >= 11 is 0. The van der Waals surface area contributed by atoms with Gasteiger partial charge in [-0.1, -0.05) is 0 Å². The first-order valence-corrected chi connectivity index (χ1v) is 7.62. The van der Waals surface area contributed by atoms with Gasteiger partial charge in [0.05, 0.1) is 24.6 Å². The van der Waals surface area contributed by atoms with Gasteiger partial charge in [0.1, 0.15) is 10.9 Å². The third-order valence-corrected chi connectivity index (χ3v) is 5.50. The van der Waals surface area contributed by atoms with Crippen LogP contribution in [-0.4, -0.2) is 53.7 Å². The SMILES string of the molecule is Cc1c(S(=O)(=O)N2CCO[C@H](C)[C@H]2C(N)=O)cnn1C. The molecule has 0 aliphatic carbocycles. The Kier molecular flexibility index (Phi) is 3.85. The van der Waals surface area contributed by atoms with E-state index in [1.165, 1.54) is 10.9 Å². The summed E-state index contributed by atoms with van der Waals surface area (Å²) in [6.45, 7) is 3.61. The fraction of sp³-hybridized carbons (Fsp3) is 0.636. The molecule has 8 nitrogen and oxygen atoms in total. The van der Waals surface area contributed by atoms with E-state index in [4.69, 9.17) is 10.5 Å². The van der Waals surface area contributed by atoms with E-state index in [0.29, 0.717) is 5.69 Å². The predicted molar refractivity (Wildman–Crippen MR) is 70.2 cm³/mol. The van der Waals surface area contributed by atoms with Gasteiger partial charge in [0.25, 0.3) is 0 Å². The van der Waals surface area contributed by atoms with Crippen LogP contribution in [0.15, 0.2) is 11.1 Å². The van der Waals surface area contributed by atoms with Crippen molar-refractivity contribution in [2.75, 3.05) is 13.2 Å². The first-order chi connectivity index (χ1) is 9.26. The minimum Gasteiger partial charge on any atom is -0.375 e. The van der Waals surface area contributed by atoms with Crippen LogP contribution >= 0.6 is 0 Å². The van der Waals surface area contributed by atoms with Crippen LogP contribution in [0.2, 0.25) is 0 Å². The molecule has 1 aromatic heterocycles. The highest BCUT2D eigenvalue weighted by Gasteiger charge is 2.42. The zero-order valence-electron chi connectivity index (χ0n) is 11.6. The maximum Gasteiger partial charge on any atom is 0.247 e. The van der Waals surface area contributed by atoms with E-state index in [1.54, 1.807) is 20.9 Å². The number of carbonyl (C=O) groups excluding carboxylic acids is 1. The normalized spacial score (nSPS) is 24.8. The summed E-state index contributed by atoms with van der Waals surface area (Å²) in [6, 6.07) is -1.01. The molecule has 0 saturated carbocycles. The Balaban J connectivity index is 2.47. The first kappa shape index (κ1) is 14.9. The highest BCUT2D eigenvalue weighted by Crippen LogP contribution is 2.25. The largest absolute Gasteiger partial charge is 0.375 e. The number of hydrogen-bond acceptors (Lipinski definition) is 5. The summed E-state index contributed by atoms with van der Waals surface area (Å²) in [4.78, 5) is 11.6. The number of amides is 1. The van der Waals surface area contributed by atoms with Crippen molar-refractivity contribution >= 4 is 15.9 Å². The zero-order chi connectivity index (χ0) is 15.1. The maximum absolute atomic E-state index is 12.7. The average Bonchev–Trinajstić information content (AvgIpc) is 2.69. The number of aryl methyl sites for hydroxylation is 1. The zero-order valence-corrected chi connectivity index (χ0v) is 12.4. The number of primary amides is 1. The van der Waals surface area contributed by atoms with Crippen LogP contribution in [0.5, 0.6) is 0 Å². The fourth-order valence-electron chi connectivity index (χ4n) is 2.29. The van der Waals surface area contributed by atoms with Crippen molar-refractivity contribution < 1.29 is 17.9 Å². The molecule has 2 N–H and O–H groups in total. The van der Waals surface area contributed by atoms with Crippen LogP contribution in [0.4, 0.5) is 0 Å². The lowest BCUT2D eigenvalue weighted by atomic mass is 10.1. The third-order valence-electron chi connectivity index (χ3n) is 3.52. The number of ether oxygens (including phenoxy) is 1. The van der Waals surface area contributed by atoms with Gasteiger partial charge in [-0.05, 0) is 13.8 Å². The van der Waals surface area contributed by atoms with E-state index in [2.05, 4.69) is 5.10 Å². The second kappa shape index (κ2) is 5.15. The molecule has 1 amide bonds. The van der Waals surface area contributed by atoms with E-state index in [0.717, 1.165) is 4.31 Å². The number of sulfonamides is 1. The Hall–Kier alpha value is -1.45. The quantitative estimate of drug-likeness (QED) is 0.770. The number of carbonyl (C=O) groups is 1. The molecule has 0 bridgehead atoms. The number of hydrogen-bond donors (Lipinski definition) is 1. The Labute approximate surface area is 117 Å². The van der Waals surface area contributed by atoms with Crippen molar-refractivity contribution in [3.63, 3.8) is 0 Å². The van der Waals surface area contributed by atoms with Crippen molar-refractivity contribution in [2.45, 2.75) is 30.9 Å². The molecule has 1 saturated heterocycles. The molecule has 1 aliphatic heterocycles. The van der Waals surface area contributed by atoms with Crippen LogP contribution in [0.3, 0.4) is 0 Å². The second-order valence-electron chi connectivity index (χ2n) is 4.76. The molecule has 2 heterocycles. The average molecular weight is 302 g/mol. The molecule has 1 fully saturated rings. The standard InChI is InChI=1S/C11H18N4O4S/c1-7-9(6-13-14(7)3)20(17,18)15-4-5-19-8(2)10(15)11(12)16/h6,8,10H,4-5H2,1-3H3,(H2,12,16)/t8-,10+/m1/s1. The molecule has 9 heteroatoms. The van der Waals surface area contributed by atoms with Gasteiger partial charge >= 0.3 is 0 Å². The van der Waals surface area contributed by atoms with Crippen LogP contribution in [-0.2, 0) is 26.6 Å². The first-order valence-electron chi connectivity index (χ1n) is 6.18. The Morgan fingerprint density at radius 2 is 2.20 bits per heavy atom. The summed E-state index contributed by atoms with van der Waals surface area (Å²) in [6.07, 6.45) is 0.705. The number of nitrogens with two attached hydrogens (primary N) is 1. The molecule has 2 rings (SSSR count). The van der Waals surface area contributed by atoms with Crippen molar-refractivity contribution in [3.05, 3.63) is 11.9 Å². The number of nitrogens with zero attached hydrogens (tertiary/aromatic N) is 3. The van der Waals surface area contributed by atoms with Crippen LogP contribution in [0.25, 0.3) is 0 Å². The number of morpholine rings is 1.